The summed E-state index contributed by atoms with van der Waals surface area (Å²) in [5, 5.41) is 10.6. The van der Waals surface area contributed by atoms with E-state index in [-0.39, 0.29) is 12.7 Å². The molecule has 0 saturated heterocycles. The van der Waals surface area contributed by atoms with E-state index >= 15 is 0 Å². The molecule has 0 aliphatic carbocycles. The molecule has 0 aliphatic rings. The van der Waals surface area contributed by atoms with Gasteiger partial charge in [-0.15, -0.1) is 0 Å². The standard InChI is InChI=1S/C27H33NO4/c1-28(17-16-21-14-15-25(30-2)26(18-21)31-3)19-24(29)20-32-27(22-10-6-4-7-11-22)23-12-8-5-9-13-23/h4-15,18,24,27,29H,16-17,19-20H2,1-3H3/t24-/m0/s1. The number of ether oxygens (including phenoxy) is 3. The number of methoxy groups -OCH3 is 2. The molecule has 0 saturated carbocycles. The van der Waals surface area contributed by atoms with E-state index in [4.69, 9.17) is 14.2 Å². The molecule has 3 rings (SSSR count). The third-order valence-electron chi connectivity index (χ3n) is 5.41. The fourth-order valence-corrected chi connectivity index (χ4v) is 3.71. The second kappa shape index (κ2) is 12.2. The molecule has 0 aliphatic heterocycles. The summed E-state index contributed by atoms with van der Waals surface area (Å²) >= 11 is 0. The van der Waals surface area contributed by atoms with Gasteiger partial charge in [0.25, 0.3) is 0 Å². The number of likely N-dealkylation sites (N-methyl/N-ethyl adjacent to an activating group) is 1. The molecule has 0 amide bonds. The van der Waals surface area contributed by atoms with Crippen LogP contribution in [0.15, 0.2) is 78.9 Å². The molecule has 3 aromatic carbocycles. The van der Waals surface area contributed by atoms with E-state index in [2.05, 4.69) is 29.2 Å². The predicted molar refractivity (Wildman–Crippen MR) is 127 cm³/mol. The summed E-state index contributed by atoms with van der Waals surface area (Å²) in [7, 11) is 5.28. The van der Waals surface area contributed by atoms with Gasteiger partial charge in [-0.25, -0.2) is 0 Å². The van der Waals surface area contributed by atoms with E-state index in [1.165, 1.54) is 0 Å². The summed E-state index contributed by atoms with van der Waals surface area (Å²) in [4.78, 5) is 2.12. The minimum atomic E-state index is -0.583. The Morgan fingerprint density at radius 1 is 0.812 bits per heavy atom. The quantitative estimate of drug-likeness (QED) is 0.459. The number of aliphatic hydroxyl groups excluding tert-OH is 1. The molecule has 0 spiro atoms. The van der Waals surface area contributed by atoms with Crippen LogP contribution < -0.4 is 9.47 Å². The molecule has 0 heterocycles. The number of nitrogens with zero attached hydrogens (tertiary/aromatic N) is 1. The first-order chi connectivity index (χ1) is 15.6. The Hall–Kier alpha value is -2.86. The van der Waals surface area contributed by atoms with Crippen molar-refractivity contribution in [1.82, 2.24) is 4.90 Å². The first-order valence-electron chi connectivity index (χ1n) is 10.9. The molecular formula is C27H33NO4. The monoisotopic (exact) mass is 435 g/mol. The van der Waals surface area contributed by atoms with Crippen LogP contribution in [0.5, 0.6) is 11.5 Å². The fraction of sp³-hybridized carbons (Fsp3) is 0.333. The molecule has 0 bridgehead atoms. The van der Waals surface area contributed by atoms with Crippen LogP contribution in [-0.2, 0) is 11.2 Å². The van der Waals surface area contributed by atoms with Crippen LogP contribution in [0.2, 0.25) is 0 Å². The molecule has 0 radical (unpaired) electrons. The van der Waals surface area contributed by atoms with Crippen LogP contribution in [0.25, 0.3) is 0 Å². The molecule has 1 atom stereocenters. The summed E-state index contributed by atoms with van der Waals surface area (Å²) in [6, 6.07) is 26.2. The Kier molecular flexibility index (Phi) is 9.11. The predicted octanol–water partition coefficient (Wildman–Crippen LogP) is 4.35. The number of hydrogen-bond acceptors (Lipinski definition) is 5. The Morgan fingerprint density at radius 3 is 1.97 bits per heavy atom. The van der Waals surface area contributed by atoms with Crippen LogP contribution in [0, 0.1) is 0 Å². The van der Waals surface area contributed by atoms with Gasteiger partial charge in [0, 0.05) is 13.1 Å². The smallest absolute Gasteiger partial charge is 0.160 e. The first-order valence-corrected chi connectivity index (χ1v) is 10.9. The highest BCUT2D eigenvalue weighted by Gasteiger charge is 2.17. The number of hydrogen-bond donors (Lipinski definition) is 1. The van der Waals surface area contributed by atoms with Crippen LogP contribution in [-0.4, -0.2) is 57.1 Å². The zero-order valence-electron chi connectivity index (χ0n) is 19.1. The highest BCUT2D eigenvalue weighted by Crippen LogP contribution is 2.28. The van der Waals surface area contributed by atoms with Gasteiger partial charge in [0.05, 0.1) is 26.9 Å². The fourth-order valence-electron chi connectivity index (χ4n) is 3.71. The summed E-state index contributed by atoms with van der Waals surface area (Å²) in [5.41, 5.74) is 3.31. The van der Waals surface area contributed by atoms with E-state index in [1.54, 1.807) is 14.2 Å². The van der Waals surface area contributed by atoms with E-state index < -0.39 is 6.10 Å². The lowest BCUT2D eigenvalue weighted by molar-refractivity contribution is -0.00532. The lowest BCUT2D eigenvalue weighted by atomic mass is 10.0. The van der Waals surface area contributed by atoms with Crippen LogP contribution in [0.1, 0.15) is 22.8 Å². The SMILES string of the molecule is COc1ccc(CCN(C)C[C@H](O)COC(c2ccccc2)c2ccccc2)cc1OC. The minimum Gasteiger partial charge on any atom is -0.493 e. The van der Waals surface area contributed by atoms with Crippen molar-refractivity contribution >= 4 is 0 Å². The minimum absolute atomic E-state index is 0.205. The lowest BCUT2D eigenvalue weighted by Gasteiger charge is -2.24. The molecule has 0 unspecified atom stereocenters. The normalized spacial score (nSPS) is 12.2. The molecular weight excluding hydrogens is 402 g/mol. The molecule has 1 N–H and O–H groups in total. The zero-order chi connectivity index (χ0) is 22.8. The Balaban J connectivity index is 1.52. The van der Waals surface area contributed by atoms with Gasteiger partial charge >= 0.3 is 0 Å². The van der Waals surface area contributed by atoms with Gasteiger partial charge in [0.2, 0.25) is 0 Å². The largest absolute Gasteiger partial charge is 0.493 e. The maximum Gasteiger partial charge on any atom is 0.160 e. The van der Waals surface area contributed by atoms with Crippen molar-refractivity contribution in [2.24, 2.45) is 0 Å². The Bertz CT molecular complexity index is 893. The van der Waals surface area contributed by atoms with Gasteiger partial charge < -0.3 is 24.2 Å². The van der Waals surface area contributed by atoms with Crippen molar-refractivity contribution < 1.29 is 19.3 Å². The van der Waals surface area contributed by atoms with E-state index in [9.17, 15) is 5.11 Å². The summed E-state index contributed by atoms with van der Waals surface area (Å²) in [6.07, 6.45) is 0.0608. The second-order valence-corrected chi connectivity index (χ2v) is 7.89. The first kappa shape index (κ1) is 23.8. The van der Waals surface area contributed by atoms with Gasteiger partial charge in [0.1, 0.15) is 6.10 Å². The Labute approximate surface area is 191 Å². The average Bonchev–Trinajstić information content (AvgIpc) is 2.84. The topological polar surface area (TPSA) is 51.2 Å². The second-order valence-electron chi connectivity index (χ2n) is 7.89. The van der Waals surface area contributed by atoms with Crippen molar-refractivity contribution in [3.63, 3.8) is 0 Å². The van der Waals surface area contributed by atoms with Gasteiger partial charge in [0.15, 0.2) is 11.5 Å². The maximum atomic E-state index is 10.6. The molecule has 32 heavy (non-hydrogen) atoms. The third kappa shape index (κ3) is 6.82. The molecule has 5 nitrogen and oxygen atoms in total. The van der Waals surface area contributed by atoms with Gasteiger partial charge in [-0.3, -0.25) is 0 Å². The molecule has 170 valence electrons. The zero-order valence-corrected chi connectivity index (χ0v) is 19.1. The molecule has 0 aromatic heterocycles. The summed E-state index contributed by atoms with van der Waals surface area (Å²) in [5.74, 6) is 1.46. The van der Waals surface area contributed by atoms with E-state index in [1.807, 2.05) is 61.6 Å². The summed E-state index contributed by atoms with van der Waals surface area (Å²) in [6.45, 7) is 1.60. The number of benzene rings is 3. The van der Waals surface area contributed by atoms with Gasteiger partial charge in [-0.1, -0.05) is 66.7 Å². The Morgan fingerprint density at radius 2 is 1.41 bits per heavy atom. The van der Waals surface area contributed by atoms with Crippen molar-refractivity contribution in [2.45, 2.75) is 18.6 Å². The van der Waals surface area contributed by atoms with Gasteiger partial charge in [-0.2, -0.15) is 0 Å². The van der Waals surface area contributed by atoms with Crippen molar-refractivity contribution in [3.8, 4) is 11.5 Å². The average molecular weight is 436 g/mol. The number of aliphatic hydroxyl groups is 1. The van der Waals surface area contributed by atoms with Crippen LogP contribution >= 0.6 is 0 Å². The third-order valence-corrected chi connectivity index (χ3v) is 5.41. The molecule has 0 fully saturated rings. The highest BCUT2D eigenvalue weighted by atomic mass is 16.5. The summed E-state index contributed by atoms with van der Waals surface area (Å²) < 4.78 is 16.9. The van der Waals surface area contributed by atoms with Crippen molar-refractivity contribution in [1.29, 1.82) is 0 Å². The van der Waals surface area contributed by atoms with Crippen molar-refractivity contribution in [3.05, 3.63) is 95.6 Å². The van der Waals surface area contributed by atoms with Gasteiger partial charge in [-0.05, 0) is 42.3 Å². The molecule has 3 aromatic rings. The van der Waals surface area contributed by atoms with Crippen LogP contribution in [0.4, 0.5) is 0 Å². The van der Waals surface area contributed by atoms with E-state index in [0.29, 0.717) is 6.54 Å². The molecule has 5 heteroatoms. The highest BCUT2D eigenvalue weighted by molar-refractivity contribution is 5.43. The lowest BCUT2D eigenvalue weighted by Crippen LogP contribution is -2.34. The maximum absolute atomic E-state index is 10.6. The van der Waals surface area contributed by atoms with E-state index in [0.717, 1.165) is 41.2 Å². The van der Waals surface area contributed by atoms with Crippen LogP contribution in [0.3, 0.4) is 0 Å². The van der Waals surface area contributed by atoms with Crippen molar-refractivity contribution in [2.75, 3.05) is 41.0 Å². The number of rotatable bonds is 12.